The van der Waals surface area contributed by atoms with Gasteiger partial charge >= 0.3 is 5.97 Å². The Hall–Kier alpha value is -1.32. The van der Waals surface area contributed by atoms with Gasteiger partial charge in [0.15, 0.2) is 0 Å². The van der Waals surface area contributed by atoms with Gasteiger partial charge in [0.25, 0.3) is 0 Å². The molecule has 0 aromatic rings. The first-order valence-electron chi connectivity index (χ1n) is 8.55. The van der Waals surface area contributed by atoms with Gasteiger partial charge in [0.1, 0.15) is 6.04 Å². The molecule has 0 spiro atoms. The summed E-state index contributed by atoms with van der Waals surface area (Å²) >= 11 is 0. The van der Waals surface area contributed by atoms with Gasteiger partial charge < -0.3 is 10.4 Å². The van der Waals surface area contributed by atoms with Crippen LogP contribution in [0.25, 0.3) is 0 Å². The van der Waals surface area contributed by atoms with Crippen molar-refractivity contribution in [3.8, 4) is 0 Å². The fraction of sp³-hybridized carbons (Fsp3) is 0.778. The molecule has 122 valence electrons. The van der Waals surface area contributed by atoms with Crippen LogP contribution in [-0.4, -0.2) is 23.0 Å². The normalized spacial score (nSPS) is 36.7. The highest BCUT2D eigenvalue weighted by Gasteiger charge is 2.54. The van der Waals surface area contributed by atoms with E-state index >= 15 is 0 Å². The standard InChI is InChI=1S/C18H27NO3/c1-11(2)3-4-15(16(20)21)19-17(22)18-8-12-5-13(9-18)7-14(6-12)10-18/h3,12-15H,4-10H2,1-2H3,(H,19,22)(H,20,21)/t12?,13?,14?,15-,18?/m0/s1. The highest BCUT2D eigenvalue weighted by molar-refractivity contribution is 5.88. The van der Waals surface area contributed by atoms with Gasteiger partial charge in [-0.05, 0) is 76.5 Å². The quantitative estimate of drug-likeness (QED) is 0.767. The molecule has 4 heteroatoms. The van der Waals surface area contributed by atoms with Crippen molar-refractivity contribution in [3.05, 3.63) is 11.6 Å². The Morgan fingerprint density at radius 1 is 1.14 bits per heavy atom. The molecule has 4 fully saturated rings. The van der Waals surface area contributed by atoms with Crippen LogP contribution in [0.4, 0.5) is 0 Å². The molecule has 4 bridgehead atoms. The minimum Gasteiger partial charge on any atom is -0.480 e. The van der Waals surface area contributed by atoms with Crippen LogP contribution in [0, 0.1) is 23.2 Å². The maximum Gasteiger partial charge on any atom is 0.326 e. The molecule has 0 saturated heterocycles. The van der Waals surface area contributed by atoms with Crippen LogP contribution in [0.1, 0.15) is 58.8 Å². The number of hydrogen-bond acceptors (Lipinski definition) is 2. The van der Waals surface area contributed by atoms with E-state index in [1.165, 1.54) is 19.3 Å². The lowest BCUT2D eigenvalue weighted by molar-refractivity contribution is -0.151. The molecule has 1 atom stereocenters. The SMILES string of the molecule is CC(C)=CC[C@H](NC(=O)C12CC3CC(CC(C3)C1)C2)C(=O)O. The number of amides is 1. The number of allylic oxidation sites excluding steroid dienone is 1. The molecule has 0 heterocycles. The number of rotatable bonds is 5. The topological polar surface area (TPSA) is 66.4 Å². The van der Waals surface area contributed by atoms with Crippen molar-refractivity contribution in [2.24, 2.45) is 23.2 Å². The molecule has 1 amide bonds. The number of carboxylic acids is 1. The average molecular weight is 305 g/mol. The molecule has 0 unspecified atom stereocenters. The number of carbonyl (C=O) groups excluding carboxylic acids is 1. The molecule has 0 aromatic carbocycles. The van der Waals surface area contributed by atoms with E-state index in [1.807, 2.05) is 19.9 Å². The average Bonchev–Trinajstić information content (AvgIpc) is 2.41. The first-order chi connectivity index (χ1) is 10.4. The van der Waals surface area contributed by atoms with Crippen molar-refractivity contribution < 1.29 is 14.7 Å². The van der Waals surface area contributed by atoms with Crippen LogP contribution >= 0.6 is 0 Å². The van der Waals surface area contributed by atoms with Crippen molar-refractivity contribution in [3.63, 3.8) is 0 Å². The van der Waals surface area contributed by atoms with Gasteiger partial charge in [0.05, 0.1) is 0 Å². The number of carboxylic acid groups (broad SMARTS) is 1. The van der Waals surface area contributed by atoms with Crippen LogP contribution in [0.5, 0.6) is 0 Å². The summed E-state index contributed by atoms with van der Waals surface area (Å²) in [5, 5.41) is 12.2. The van der Waals surface area contributed by atoms with Crippen LogP contribution in [0.3, 0.4) is 0 Å². The van der Waals surface area contributed by atoms with Gasteiger partial charge in [0.2, 0.25) is 5.91 Å². The van der Waals surface area contributed by atoms with E-state index in [9.17, 15) is 14.7 Å². The summed E-state index contributed by atoms with van der Waals surface area (Å²) in [6.07, 6.45) is 9.03. The second kappa shape index (κ2) is 5.71. The van der Waals surface area contributed by atoms with Gasteiger partial charge in [-0.15, -0.1) is 0 Å². The van der Waals surface area contributed by atoms with E-state index in [1.54, 1.807) is 0 Å². The van der Waals surface area contributed by atoms with Gasteiger partial charge in [-0.1, -0.05) is 11.6 Å². The molecule has 4 rings (SSSR count). The maximum atomic E-state index is 12.9. The fourth-order valence-electron chi connectivity index (χ4n) is 5.28. The van der Waals surface area contributed by atoms with Crippen LogP contribution in [0.15, 0.2) is 11.6 Å². The Morgan fingerprint density at radius 2 is 1.64 bits per heavy atom. The van der Waals surface area contributed by atoms with Gasteiger partial charge in [-0.3, -0.25) is 4.79 Å². The van der Waals surface area contributed by atoms with Crippen molar-refractivity contribution >= 4 is 11.9 Å². The third-order valence-electron chi connectivity index (χ3n) is 5.89. The molecule has 22 heavy (non-hydrogen) atoms. The summed E-state index contributed by atoms with van der Waals surface area (Å²) in [4.78, 5) is 24.3. The van der Waals surface area contributed by atoms with Crippen molar-refractivity contribution in [1.82, 2.24) is 5.32 Å². The Morgan fingerprint density at radius 3 is 2.05 bits per heavy atom. The van der Waals surface area contributed by atoms with E-state index < -0.39 is 12.0 Å². The predicted octanol–water partition coefficient (Wildman–Crippen LogP) is 3.13. The van der Waals surface area contributed by atoms with Gasteiger partial charge in [-0.2, -0.15) is 0 Å². The highest BCUT2D eigenvalue weighted by Crippen LogP contribution is 2.60. The molecule has 4 aliphatic rings. The number of nitrogens with one attached hydrogen (secondary N) is 1. The summed E-state index contributed by atoms with van der Waals surface area (Å²) in [5.41, 5.74) is 0.809. The first-order valence-corrected chi connectivity index (χ1v) is 8.55. The number of aliphatic carboxylic acids is 1. The van der Waals surface area contributed by atoms with Crippen LogP contribution < -0.4 is 5.32 Å². The second-order valence-corrected chi connectivity index (χ2v) is 8.08. The van der Waals surface area contributed by atoms with Gasteiger partial charge in [0, 0.05) is 5.41 Å². The lowest BCUT2D eigenvalue weighted by Gasteiger charge is -2.55. The first kappa shape index (κ1) is 15.6. The Labute approximate surface area is 132 Å². The molecular weight excluding hydrogens is 278 g/mol. The third kappa shape index (κ3) is 2.92. The summed E-state index contributed by atoms with van der Waals surface area (Å²) < 4.78 is 0. The highest BCUT2D eigenvalue weighted by atomic mass is 16.4. The third-order valence-corrected chi connectivity index (χ3v) is 5.89. The van der Waals surface area contributed by atoms with E-state index in [0.29, 0.717) is 24.2 Å². The molecule has 4 aliphatic carbocycles. The molecule has 0 aliphatic heterocycles. The van der Waals surface area contributed by atoms with Crippen LogP contribution in [0.2, 0.25) is 0 Å². The van der Waals surface area contributed by atoms with E-state index in [0.717, 1.165) is 24.8 Å². The smallest absolute Gasteiger partial charge is 0.326 e. The zero-order valence-corrected chi connectivity index (χ0v) is 13.6. The summed E-state index contributed by atoms with van der Waals surface area (Å²) in [5.74, 6) is 1.14. The predicted molar refractivity (Wildman–Crippen MR) is 84.2 cm³/mol. The molecule has 0 aromatic heterocycles. The minimum atomic E-state index is -0.935. The van der Waals surface area contributed by atoms with E-state index in [4.69, 9.17) is 0 Å². The Bertz CT molecular complexity index is 469. The number of hydrogen-bond donors (Lipinski definition) is 2. The summed E-state index contributed by atoms with van der Waals surface area (Å²) in [6, 6.07) is -0.796. The minimum absolute atomic E-state index is 0.00107. The van der Waals surface area contributed by atoms with E-state index in [-0.39, 0.29) is 11.3 Å². The van der Waals surface area contributed by atoms with Crippen molar-refractivity contribution in [2.75, 3.05) is 0 Å². The summed E-state index contributed by atoms with van der Waals surface area (Å²) in [6.45, 7) is 3.89. The van der Waals surface area contributed by atoms with Crippen molar-refractivity contribution in [2.45, 2.75) is 64.8 Å². The Balaban J connectivity index is 1.70. The lowest BCUT2D eigenvalue weighted by Crippen LogP contribution is -2.56. The molecular formula is C18H27NO3. The fourth-order valence-corrected chi connectivity index (χ4v) is 5.28. The molecule has 4 nitrogen and oxygen atoms in total. The summed E-state index contributed by atoms with van der Waals surface area (Å²) in [7, 11) is 0. The van der Waals surface area contributed by atoms with Crippen molar-refractivity contribution in [1.29, 1.82) is 0 Å². The van der Waals surface area contributed by atoms with E-state index in [2.05, 4.69) is 5.32 Å². The van der Waals surface area contributed by atoms with Gasteiger partial charge in [-0.25, -0.2) is 4.79 Å². The zero-order chi connectivity index (χ0) is 15.9. The van der Waals surface area contributed by atoms with Crippen LogP contribution in [-0.2, 0) is 9.59 Å². The largest absolute Gasteiger partial charge is 0.480 e. The molecule has 2 N–H and O–H groups in total. The molecule has 4 saturated carbocycles. The lowest BCUT2D eigenvalue weighted by atomic mass is 9.49. The maximum absolute atomic E-state index is 12.9. The second-order valence-electron chi connectivity index (χ2n) is 8.08. The zero-order valence-electron chi connectivity index (χ0n) is 13.6. The number of carbonyl (C=O) groups is 2. The monoisotopic (exact) mass is 305 g/mol. The molecule has 0 radical (unpaired) electrons. The Kier molecular flexibility index (Phi) is 4.04.